The number of aryl methyl sites for hydroxylation is 2. The first-order valence-electron chi connectivity index (χ1n) is 12.8. The summed E-state index contributed by atoms with van der Waals surface area (Å²) in [6, 6.07) is 10.9. The van der Waals surface area contributed by atoms with Gasteiger partial charge in [0.2, 0.25) is 0 Å². The number of nitrogens with zero attached hydrogens (tertiary/aromatic N) is 5. The summed E-state index contributed by atoms with van der Waals surface area (Å²) in [5.41, 5.74) is 3.00. The highest BCUT2D eigenvalue weighted by Gasteiger charge is 2.51. The molecule has 2 aliphatic heterocycles. The van der Waals surface area contributed by atoms with Gasteiger partial charge in [0.25, 0.3) is 0 Å². The molecule has 0 amide bonds. The largest absolute Gasteiger partial charge is 0.494 e. The minimum absolute atomic E-state index is 0.125. The molecule has 11 heteroatoms. The quantitative estimate of drug-likeness (QED) is 0.358. The molecule has 0 bridgehead atoms. The molecule has 0 spiro atoms. The Kier molecular flexibility index (Phi) is 5.66. The van der Waals surface area contributed by atoms with Gasteiger partial charge in [0.1, 0.15) is 17.4 Å². The second-order valence-corrected chi connectivity index (χ2v) is 11.0. The summed E-state index contributed by atoms with van der Waals surface area (Å²) in [6.45, 7) is 6.98. The third-order valence-electron chi connectivity index (χ3n) is 8.21. The van der Waals surface area contributed by atoms with Crippen molar-refractivity contribution < 1.29 is 22.8 Å². The molecule has 2 aromatic heterocycles. The Morgan fingerprint density at radius 3 is 2.47 bits per heavy atom. The molecule has 198 valence electrons. The van der Waals surface area contributed by atoms with Crippen LogP contribution in [0.4, 0.5) is 8.78 Å². The van der Waals surface area contributed by atoms with Crippen LogP contribution < -0.4 is 10.2 Å². The Labute approximate surface area is 220 Å². The highest BCUT2D eigenvalue weighted by molar-refractivity contribution is 6.62. The van der Waals surface area contributed by atoms with Gasteiger partial charge in [-0.25, -0.2) is 4.98 Å². The Balaban J connectivity index is 1.50. The molecule has 2 aliphatic rings. The van der Waals surface area contributed by atoms with Crippen LogP contribution in [-0.2, 0) is 22.8 Å². The summed E-state index contributed by atoms with van der Waals surface area (Å²) in [6.07, 6.45) is 1.39. The average Bonchev–Trinajstić information content (AvgIpc) is 3.55. The van der Waals surface area contributed by atoms with E-state index in [-0.39, 0.29) is 11.8 Å². The standard InChI is InChI=1S/C27H30BF2N5O3/c1-15-32-33-24(34(15)6)17-8-7-9-21(36-25(29)30)23(17)19-12-13-22-31-18-11-10-16(14-20(18)35(19)22)28-37-26(2,3)27(4,5)38-28/h7-11,14,19,25H,12-13H2,1-6H3/t19-/m1/s1. The minimum atomic E-state index is -2.96. The van der Waals surface area contributed by atoms with Gasteiger partial charge in [-0.05, 0) is 64.7 Å². The number of alkyl halides is 2. The fraction of sp³-hybridized carbons (Fsp3) is 0.444. The monoisotopic (exact) mass is 521 g/mol. The van der Waals surface area contributed by atoms with Crippen molar-refractivity contribution in [3.05, 3.63) is 53.6 Å². The maximum absolute atomic E-state index is 13.5. The van der Waals surface area contributed by atoms with E-state index in [1.807, 2.05) is 70.5 Å². The third-order valence-corrected chi connectivity index (χ3v) is 8.21. The van der Waals surface area contributed by atoms with Crippen LogP contribution in [0.5, 0.6) is 5.75 Å². The summed E-state index contributed by atoms with van der Waals surface area (Å²) in [5, 5.41) is 8.54. The summed E-state index contributed by atoms with van der Waals surface area (Å²) < 4.78 is 48.7. The van der Waals surface area contributed by atoms with E-state index < -0.39 is 24.9 Å². The van der Waals surface area contributed by atoms with Gasteiger partial charge >= 0.3 is 13.7 Å². The molecular formula is C27H30BF2N5O3. The van der Waals surface area contributed by atoms with Crippen LogP contribution in [0.1, 0.15) is 57.4 Å². The van der Waals surface area contributed by atoms with Crippen LogP contribution in [0.2, 0.25) is 0 Å². The molecule has 1 saturated heterocycles. The zero-order chi connectivity index (χ0) is 27.0. The zero-order valence-electron chi connectivity index (χ0n) is 22.3. The van der Waals surface area contributed by atoms with Gasteiger partial charge in [-0.1, -0.05) is 18.2 Å². The zero-order valence-corrected chi connectivity index (χ0v) is 22.3. The minimum Gasteiger partial charge on any atom is -0.434 e. The molecular weight excluding hydrogens is 491 g/mol. The number of imidazole rings is 1. The highest BCUT2D eigenvalue weighted by atomic mass is 19.3. The second kappa shape index (κ2) is 8.61. The van der Waals surface area contributed by atoms with Gasteiger partial charge in [0.05, 0.1) is 28.3 Å². The number of benzene rings is 2. The first kappa shape index (κ1) is 25.0. The van der Waals surface area contributed by atoms with E-state index in [9.17, 15) is 8.78 Å². The van der Waals surface area contributed by atoms with E-state index in [0.717, 1.165) is 28.1 Å². The smallest absolute Gasteiger partial charge is 0.434 e. The van der Waals surface area contributed by atoms with E-state index in [2.05, 4.69) is 14.8 Å². The van der Waals surface area contributed by atoms with Crippen molar-refractivity contribution in [2.24, 2.45) is 7.05 Å². The van der Waals surface area contributed by atoms with Crippen LogP contribution in [0.15, 0.2) is 36.4 Å². The van der Waals surface area contributed by atoms with Crippen LogP contribution >= 0.6 is 0 Å². The van der Waals surface area contributed by atoms with Crippen LogP contribution in [0.3, 0.4) is 0 Å². The summed E-state index contributed by atoms with van der Waals surface area (Å²) in [4.78, 5) is 4.87. The Hall–Kier alpha value is -3.31. The number of ether oxygens (including phenoxy) is 1. The van der Waals surface area contributed by atoms with Gasteiger partial charge in [-0.3, -0.25) is 0 Å². The lowest BCUT2D eigenvalue weighted by molar-refractivity contribution is -0.0506. The average molecular weight is 521 g/mol. The van der Waals surface area contributed by atoms with Gasteiger partial charge in [0.15, 0.2) is 5.82 Å². The molecule has 6 rings (SSSR count). The number of hydrogen-bond donors (Lipinski definition) is 0. The van der Waals surface area contributed by atoms with E-state index in [0.29, 0.717) is 29.8 Å². The number of rotatable bonds is 5. The van der Waals surface area contributed by atoms with E-state index in [4.69, 9.17) is 19.0 Å². The second-order valence-electron chi connectivity index (χ2n) is 11.0. The third kappa shape index (κ3) is 3.82. The summed E-state index contributed by atoms with van der Waals surface area (Å²) in [7, 11) is 1.33. The van der Waals surface area contributed by atoms with E-state index >= 15 is 0 Å². The van der Waals surface area contributed by atoms with E-state index in [1.165, 1.54) is 0 Å². The lowest BCUT2D eigenvalue weighted by Gasteiger charge is -2.32. The lowest BCUT2D eigenvalue weighted by Crippen LogP contribution is -2.41. The summed E-state index contributed by atoms with van der Waals surface area (Å²) in [5.74, 6) is 2.33. The number of halogens is 2. The van der Waals surface area contributed by atoms with Crippen molar-refractivity contribution in [2.45, 2.75) is 71.3 Å². The molecule has 4 aromatic rings. The van der Waals surface area contributed by atoms with Gasteiger partial charge in [-0.15, -0.1) is 10.2 Å². The number of aromatic nitrogens is 5. The van der Waals surface area contributed by atoms with E-state index in [1.54, 1.807) is 12.1 Å². The van der Waals surface area contributed by atoms with Crippen molar-refractivity contribution in [1.82, 2.24) is 24.3 Å². The van der Waals surface area contributed by atoms with Crippen LogP contribution in [0, 0.1) is 6.92 Å². The topological polar surface area (TPSA) is 76.2 Å². The van der Waals surface area contributed by atoms with Crippen molar-refractivity contribution in [3.8, 4) is 17.1 Å². The fourth-order valence-corrected chi connectivity index (χ4v) is 5.40. The molecule has 8 nitrogen and oxygen atoms in total. The van der Waals surface area contributed by atoms with Crippen molar-refractivity contribution in [3.63, 3.8) is 0 Å². The Morgan fingerprint density at radius 1 is 1.08 bits per heavy atom. The van der Waals surface area contributed by atoms with Gasteiger partial charge in [0, 0.05) is 24.6 Å². The molecule has 0 saturated carbocycles. The molecule has 0 unspecified atom stereocenters. The van der Waals surface area contributed by atoms with Crippen molar-refractivity contribution >= 4 is 23.6 Å². The first-order valence-corrected chi connectivity index (χ1v) is 12.8. The maximum atomic E-state index is 13.5. The van der Waals surface area contributed by atoms with Crippen molar-refractivity contribution in [1.29, 1.82) is 0 Å². The predicted molar refractivity (Wildman–Crippen MR) is 140 cm³/mol. The number of hydrogen-bond acceptors (Lipinski definition) is 6. The SMILES string of the molecule is Cc1nnc(-c2cccc(OC(F)F)c2[C@H]2CCc3nc4ccc(B5OC(C)(C)C(C)(C)O5)cc4n32)n1C. The first-order chi connectivity index (χ1) is 18.0. The lowest BCUT2D eigenvalue weighted by atomic mass is 9.79. The molecule has 0 N–H and O–H groups in total. The summed E-state index contributed by atoms with van der Waals surface area (Å²) >= 11 is 0. The molecule has 0 radical (unpaired) electrons. The molecule has 38 heavy (non-hydrogen) atoms. The molecule has 1 atom stereocenters. The molecule has 4 heterocycles. The Morgan fingerprint density at radius 2 is 1.82 bits per heavy atom. The fourth-order valence-electron chi connectivity index (χ4n) is 5.40. The normalized spacial score (nSPS) is 20.0. The van der Waals surface area contributed by atoms with Gasteiger partial charge in [-0.2, -0.15) is 8.78 Å². The Bertz CT molecular complexity index is 1530. The number of fused-ring (bicyclic) bond motifs is 3. The van der Waals surface area contributed by atoms with Crippen molar-refractivity contribution in [2.75, 3.05) is 0 Å². The molecule has 2 aromatic carbocycles. The molecule has 1 fully saturated rings. The molecule has 0 aliphatic carbocycles. The maximum Gasteiger partial charge on any atom is 0.494 e. The van der Waals surface area contributed by atoms with Crippen LogP contribution in [-0.4, -0.2) is 49.2 Å². The van der Waals surface area contributed by atoms with Gasteiger partial charge < -0.3 is 23.2 Å². The predicted octanol–water partition coefficient (Wildman–Crippen LogP) is 4.58. The highest BCUT2D eigenvalue weighted by Crippen LogP contribution is 2.44. The van der Waals surface area contributed by atoms with Crippen LogP contribution in [0.25, 0.3) is 22.4 Å².